The van der Waals surface area contributed by atoms with Crippen LogP contribution >= 0.6 is 0 Å². The van der Waals surface area contributed by atoms with Crippen molar-refractivity contribution in [1.82, 2.24) is 5.32 Å². The normalized spacial score (nSPS) is 11.8. The van der Waals surface area contributed by atoms with Gasteiger partial charge in [-0.1, -0.05) is 49.4 Å². The molecule has 134 valence electrons. The van der Waals surface area contributed by atoms with Gasteiger partial charge in [-0.15, -0.1) is 0 Å². The van der Waals surface area contributed by atoms with Crippen molar-refractivity contribution in [3.05, 3.63) is 65.2 Å². The van der Waals surface area contributed by atoms with E-state index in [9.17, 15) is 4.79 Å². The zero-order valence-electron chi connectivity index (χ0n) is 15.2. The summed E-state index contributed by atoms with van der Waals surface area (Å²) in [7, 11) is 0. The Hall–Kier alpha value is -2.33. The molecule has 4 nitrogen and oxygen atoms in total. The summed E-state index contributed by atoms with van der Waals surface area (Å²) in [5.41, 5.74) is 3.27. The van der Waals surface area contributed by atoms with E-state index < -0.39 is 6.10 Å². The van der Waals surface area contributed by atoms with Gasteiger partial charge in [0.25, 0.3) is 5.91 Å². The molecule has 1 unspecified atom stereocenters. The topological polar surface area (TPSA) is 47.6 Å². The molecule has 2 rings (SSSR count). The molecule has 0 radical (unpaired) electrons. The van der Waals surface area contributed by atoms with Crippen molar-refractivity contribution in [3.63, 3.8) is 0 Å². The summed E-state index contributed by atoms with van der Waals surface area (Å²) < 4.78 is 11.5. The second-order valence-electron chi connectivity index (χ2n) is 6.11. The summed E-state index contributed by atoms with van der Waals surface area (Å²) in [6, 6.07) is 16.0. The Balaban J connectivity index is 1.75. The summed E-state index contributed by atoms with van der Waals surface area (Å²) in [5, 5.41) is 2.89. The first kappa shape index (κ1) is 19.0. The highest BCUT2D eigenvalue weighted by Gasteiger charge is 2.18. The van der Waals surface area contributed by atoms with Crippen LogP contribution in [-0.2, 0) is 16.1 Å². The highest BCUT2D eigenvalue weighted by Crippen LogP contribution is 2.21. The lowest BCUT2D eigenvalue weighted by molar-refractivity contribution is -0.128. The highest BCUT2D eigenvalue weighted by molar-refractivity contribution is 5.81. The second-order valence-corrected chi connectivity index (χ2v) is 6.11. The molecule has 0 spiro atoms. The van der Waals surface area contributed by atoms with Gasteiger partial charge in [-0.3, -0.25) is 4.79 Å². The van der Waals surface area contributed by atoms with Crippen LogP contribution in [-0.4, -0.2) is 25.2 Å². The third-order valence-electron chi connectivity index (χ3n) is 3.93. The van der Waals surface area contributed by atoms with Crippen molar-refractivity contribution in [1.29, 1.82) is 0 Å². The molecule has 1 N–H and O–H groups in total. The summed E-state index contributed by atoms with van der Waals surface area (Å²) in [4.78, 5) is 12.3. The monoisotopic (exact) mass is 341 g/mol. The fourth-order valence-corrected chi connectivity index (χ4v) is 2.43. The van der Waals surface area contributed by atoms with Crippen LogP contribution in [0.5, 0.6) is 5.75 Å². The number of nitrogens with one attached hydrogen (secondary N) is 1. The fourth-order valence-electron chi connectivity index (χ4n) is 2.43. The predicted molar refractivity (Wildman–Crippen MR) is 99.7 cm³/mol. The molecule has 0 aromatic heterocycles. The number of carbonyl (C=O) groups excluding carboxylic acids is 1. The Labute approximate surface area is 150 Å². The van der Waals surface area contributed by atoms with Gasteiger partial charge < -0.3 is 14.8 Å². The molecule has 0 aliphatic carbocycles. The number of hydrogen-bond acceptors (Lipinski definition) is 3. The zero-order valence-corrected chi connectivity index (χ0v) is 15.2. The molecule has 1 atom stereocenters. The Morgan fingerprint density at radius 3 is 2.60 bits per heavy atom. The van der Waals surface area contributed by atoms with E-state index in [0.717, 1.165) is 22.4 Å². The first-order valence-corrected chi connectivity index (χ1v) is 8.73. The van der Waals surface area contributed by atoms with Gasteiger partial charge in [0.2, 0.25) is 0 Å². The lowest BCUT2D eigenvalue weighted by Gasteiger charge is -2.19. The lowest BCUT2D eigenvalue weighted by atomic mass is 10.1. The first-order valence-electron chi connectivity index (χ1n) is 8.73. The summed E-state index contributed by atoms with van der Waals surface area (Å²) >= 11 is 0. The van der Waals surface area contributed by atoms with E-state index >= 15 is 0 Å². The van der Waals surface area contributed by atoms with Crippen LogP contribution in [0.2, 0.25) is 0 Å². The van der Waals surface area contributed by atoms with Crippen molar-refractivity contribution in [2.75, 3.05) is 13.2 Å². The van der Waals surface area contributed by atoms with Crippen molar-refractivity contribution < 1.29 is 14.3 Å². The smallest absolute Gasteiger partial charge is 0.261 e. The minimum absolute atomic E-state index is 0.105. The molecular formula is C21H27NO3. The highest BCUT2D eigenvalue weighted by atomic mass is 16.5. The largest absolute Gasteiger partial charge is 0.480 e. The Morgan fingerprint density at radius 1 is 1.12 bits per heavy atom. The standard InChI is InChI=1S/C21H27NO3/c1-4-19(25-20-14-16(2)10-11-17(20)3)21(23)22-12-13-24-15-18-8-6-5-7-9-18/h5-11,14,19H,4,12-13,15H2,1-3H3,(H,22,23). The maximum Gasteiger partial charge on any atom is 0.261 e. The number of aryl methyl sites for hydroxylation is 2. The average Bonchev–Trinajstić information content (AvgIpc) is 2.62. The molecule has 0 aliphatic rings. The SMILES string of the molecule is CCC(Oc1cc(C)ccc1C)C(=O)NCCOCc1ccccc1. The number of amides is 1. The minimum atomic E-state index is -0.491. The molecule has 2 aromatic carbocycles. The van der Waals surface area contributed by atoms with Crippen molar-refractivity contribution in [3.8, 4) is 5.75 Å². The van der Waals surface area contributed by atoms with Crippen LogP contribution in [0.3, 0.4) is 0 Å². The fraction of sp³-hybridized carbons (Fsp3) is 0.381. The van der Waals surface area contributed by atoms with Crippen LogP contribution in [0.25, 0.3) is 0 Å². The quantitative estimate of drug-likeness (QED) is 0.706. The van der Waals surface area contributed by atoms with Gasteiger partial charge >= 0.3 is 0 Å². The van der Waals surface area contributed by atoms with Gasteiger partial charge in [-0.25, -0.2) is 0 Å². The number of benzene rings is 2. The molecule has 1 amide bonds. The first-order chi connectivity index (χ1) is 12.1. The van der Waals surface area contributed by atoms with Crippen molar-refractivity contribution in [2.45, 2.75) is 39.9 Å². The minimum Gasteiger partial charge on any atom is -0.480 e. The Bertz CT molecular complexity index is 670. The Kier molecular flexibility index (Phi) is 7.48. The van der Waals surface area contributed by atoms with E-state index in [2.05, 4.69) is 5.32 Å². The molecule has 0 saturated carbocycles. The maximum absolute atomic E-state index is 12.3. The molecule has 4 heteroatoms. The summed E-state index contributed by atoms with van der Waals surface area (Å²) in [6.45, 7) is 7.43. The maximum atomic E-state index is 12.3. The number of ether oxygens (including phenoxy) is 2. The van der Waals surface area contributed by atoms with Gasteiger partial charge in [-0.2, -0.15) is 0 Å². The van der Waals surface area contributed by atoms with Crippen LogP contribution in [0.15, 0.2) is 48.5 Å². The molecule has 0 bridgehead atoms. The molecule has 2 aromatic rings. The molecule has 0 aliphatic heterocycles. The Morgan fingerprint density at radius 2 is 1.88 bits per heavy atom. The summed E-state index contributed by atoms with van der Waals surface area (Å²) in [6.07, 6.45) is 0.124. The van der Waals surface area contributed by atoms with Gasteiger partial charge in [0.1, 0.15) is 5.75 Å². The molecule has 0 heterocycles. The third kappa shape index (κ3) is 6.24. The van der Waals surface area contributed by atoms with Crippen molar-refractivity contribution >= 4 is 5.91 Å². The van der Waals surface area contributed by atoms with Crippen molar-refractivity contribution in [2.24, 2.45) is 0 Å². The van der Waals surface area contributed by atoms with E-state index in [1.165, 1.54) is 0 Å². The molecular weight excluding hydrogens is 314 g/mol. The van der Waals surface area contributed by atoms with E-state index in [1.54, 1.807) is 0 Å². The van der Waals surface area contributed by atoms with Crippen LogP contribution in [0.4, 0.5) is 0 Å². The van der Waals surface area contributed by atoms with Gasteiger partial charge in [0.05, 0.1) is 13.2 Å². The van der Waals surface area contributed by atoms with E-state index in [4.69, 9.17) is 9.47 Å². The lowest BCUT2D eigenvalue weighted by Crippen LogP contribution is -2.39. The van der Waals surface area contributed by atoms with Crippen LogP contribution < -0.4 is 10.1 Å². The second kappa shape index (κ2) is 9.84. The van der Waals surface area contributed by atoms with E-state index in [1.807, 2.05) is 69.3 Å². The zero-order chi connectivity index (χ0) is 18.1. The number of rotatable bonds is 9. The van der Waals surface area contributed by atoms with Gasteiger partial charge in [-0.05, 0) is 43.0 Å². The number of carbonyl (C=O) groups is 1. The van der Waals surface area contributed by atoms with Gasteiger partial charge in [0, 0.05) is 6.54 Å². The summed E-state index contributed by atoms with van der Waals surface area (Å²) in [5.74, 6) is 0.661. The van der Waals surface area contributed by atoms with Gasteiger partial charge in [0.15, 0.2) is 6.10 Å². The van der Waals surface area contributed by atoms with E-state index in [-0.39, 0.29) is 5.91 Å². The number of hydrogen-bond donors (Lipinski definition) is 1. The predicted octanol–water partition coefficient (Wildman–Crippen LogP) is 3.79. The third-order valence-corrected chi connectivity index (χ3v) is 3.93. The van der Waals surface area contributed by atoms with Crippen LogP contribution in [0, 0.1) is 13.8 Å². The molecule has 25 heavy (non-hydrogen) atoms. The van der Waals surface area contributed by atoms with Crippen LogP contribution in [0.1, 0.15) is 30.0 Å². The average molecular weight is 341 g/mol. The molecule has 0 saturated heterocycles. The van der Waals surface area contributed by atoms with E-state index in [0.29, 0.717) is 26.2 Å². The molecule has 0 fully saturated rings.